The van der Waals surface area contributed by atoms with E-state index in [-0.39, 0.29) is 5.60 Å². The molecule has 0 radical (unpaired) electrons. The molecular formula is C17H28N2O2. The minimum absolute atomic E-state index is 0.107. The van der Waals surface area contributed by atoms with Gasteiger partial charge in [-0.05, 0) is 45.9 Å². The van der Waals surface area contributed by atoms with Crippen molar-refractivity contribution in [2.24, 2.45) is 0 Å². The van der Waals surface area contributed by atoms with Gasteiger partial charge in [0.15, 0.2) is 0 Å². The predicted molar refractivity (Wildman–Crippen MR) is 87.3 cm³/mol. The van der Waals surface area contributed by atoms with E-state index in [1.54, 1.807) is 0 Å². The van der Waals surface area contributed by atoms with Gasteiger partial charge in [0.25, 0.3) is 0 Å². The molecule has 0 saturated carbocycles. The van der Waals surface area contributed by atoms with Crippen molar-refractivity contribution in [1.82, 2.24) is 5.32 Å². The third-order valence-corrected chi connectivity index (χ3v) is 3.41. The Morgan fingerprint density at radius 2 is 2.00 bits per heavy atom. The number of anilines is 1. The van der Waals surface area contributed by atoms with Gasteiger partial charge >= 0.3 is 0 Å². The van der Waals surface area contributed by atoms with E-state index in [4.69, 9.17) is 9.47 Å². The minimum Gasteiger partial charge on any atom is -0.491 e. The van der Waals surface area contributed by atoms with Crippen molar-refractivity contribution < 1.29 is 9.47 Å². The average molecular weight is 292 g/mol. The monoisotopic (exact) mass is 292 g/mol. The number of nitrogens with one attached hydrogen (secondary N) is 1. The second kappa shape index (κ2) is 7.66. The molecule has 2 rings (SSSR count). The number of hydrogen-bond acceptors (Lipinski definition) is 4. The van der Waals surface area contributed by atoms with Crippen LogP contribution in [0.5, 0.6) is 5.75 Å². The van der Waals surface area contributed by atoms with Gasteiger partial charge in [-0.1, -0.05) is 6.07 Å². The smallest absolute Gasteiger partial charge is 0.121 e. The van der Waals surface area contributed by atoms with Crippen molar-refractivity contribution in [1.29, 1.82) is 0 Å². The highest BCUT2D eigenvalue weighted by atomic mass is 16.5. The second-order valence-corrected chi connectivity index (χ2v) is 6.40. The van der Waals surface area contributed by atoms with Crippen LogP contribution in [0.15, 0.2) is 24.3 Å². The molecule has 118 valence electrons. The maximum Gasteiger partial charge on any atom is 0.121 e. The summed E-state index contributed by atoms with van der Waals surface area (Å²) in [6.45, 7) is 11.7. The van der Waals surface area contributed by atoms with E-state index in [0.29, 0.717) is 13.2 Å². The summed E-state index contributed by atoms with van der Waals surface area (Å²) in [6, 6.07) is 8.36. The summed E-state index contributed by atoms with van der Waals surface area (Å²) in [5, 5.41) is 3.43. The van der Waals surface area contributed by atoms with Crippen molar-refractivity contribution in [2.45, 2.75) is 32.8 Å². The van der Waals surface area contributed by atoms with E-state index in [1.807, 2.05) is 6.07 Å². The molecule has 0 bridgehead atoms. The van der Waals surface area contributed by atoms with Gasteiger partial charge in [-0.2, -0.15) is 0 Å². The van der Waals surface area contributed by atoms with Crippen LogP contribution in [0, 0.1) is 0 Å². The highest BCUT2D eigenvalue weighted by Crippen LogP contribution is 2.21. The molecule has 4 heteroatoms. The van der Waals surface area contributed by atoms with Crippen molar-refractivity contribution in [3.63, 3.8) is 0 Å². The lowest BCUT2D eigenvalue weighted by Crippen LogP contribution is -2.27. The number of ether oxygens (including phenoxy) is 2. The molecule has 0 spiro atoms. The Hall–Kier alpha value is -1.26. The molecule has 0 amide bonds. The fourth-order valence-electron chi connectivity index (χ4n) is 2.38. The molecule has 0 aliphatic carbocycles. The normalized spacial score (nSPS) is 16.6. The Morgan fingerprint density at radius 3 is 2.81 bits per heavy atom. The van der Waals surface area contributed by atoms with Gasteiger partial charge in [0.05, 0.1) is 12.2 Å². The van der Waals surface area contributed by atoms with Crippen LogP contribution in [-0.2, 0) is 4.74 Å². The Morgan fingerprint density at radius 1 is 1.14 bits per heavy atom. The number of hydrogen-bond donors (Lipinski definition) is 1. The highest BCUT2D eigenvalue weighted by molar-refractivity contribution is 5.50. The Balaban J connectivity index is 1.85. The summed E-state index contributed by atoms with van der Waals surface area (Å²) in [7, 11) is 0. The van der Waals surface area contributed by atoms with E-state index >= 15 is 0 Å². The molecule has 1 N–H and O–H groups in total. The zero-order chi connectivity index (χ0) is 15.1. The van der Waals surface area contributed by atoms with Crippen molar-refractivity contribution in [3.8, 4) is 5.75 Å². The summed E-state index contributed by atoms with van der Waals surface area (Å²) in [4.78, 5) is 2.42. The van der Waals surface area contributed by atoms with Crippen LogP contribution in [0.2, 0.25) is 0 Å². The topological polar surface area (TPSA) is 33.7 Å². The van der Waals surface area contributed by atoms with E-state index in [2.05, 4.69) is 49.2 Å². The average Bonchev–Trinajstić information content (AvgIpc) is 2.72. The van der Waals surface area contributed by atoms with Gasteiger partial charge in [0, 0.05) is 31.4 Å². The van der Waals surface area contributed by atoms with Gasteiger partial charge in [0.1, 0.15) is 12.4 Å². The van der Waals surface area contributed by atoms with Crippen LogP contribution in [0.3, 0.4) is 0 Å². The quantitative estimate of drug-likeness (QED) is 0.846. The number of benzene rings is 1. The maximum absolute atomic E-state index is 5.80. The molecule has 21 heavy (non-hydrogen) atoms. The summed E-state index contributed by atoms with van der Waals surface area (Å²) < 4.78 is 11.5. The zero-order valence-electron chi connectivity index (χ0n) is 13.5. The lowest BCUT2D eigenvalue weighted by molar-refractivity contribution is -0.0162. The van der Waals surface area contributed by atoms with Crippen LogP contribution >= 0.6 is 0 Å². The van der Waals surface area contributed by atoms with Crippen molar-refractivity contribution in [3.05, 3.63) is 24.3 Å². The van der Waals surface area contributed by atoms with Crippen LogP contribution in [0.25, 0.3) is 0 Å². The molecule has 4 nitrogen and oxygen atoms in total. The van der Waals surface area contributed by atoms with Gasteiger partial charge in [-0.15, -0.1) is 0 Å². The SMILES string of the molecule is CC(C)(C)OCCOc1cccc(N2CCCNCC2)c1. The third-order valence-electron chi connectivity index (χ3n) is 3.41. The highest BCUT2D eigenvalue weighted by Gasteiger charge is 2.11. The third kappa shape index (κ3) is 5.94. The van der Waals surface area contributed by atoms with E-state index in [1.165, 1.54) is 12.1 Å². The predicted octanol–water partition coefficient (Wildman–Crippen LogP) is 2.68. The second-order valence-electron chi connectivity index (χ2n) is 6.40. The first-order chi connectivity index (χ1) is 10.0. The lowest BCUT2D eigenvalue weighted by Gasteiger charge is -2.23. The largest absolute Gasteiger partial charge is 0.491 e. The summed E-state index contributed by atoms with van der Waals surface area (Å²) in [6.07, 6.45) is 1.19. The molecule has 1 aromatic rings. The van der Waals surface area contributed by atoms with Crippen LogP contribution in [0.4, 0.5) is 5.69 Å². The van der Waals surface area contributed by atoms with Crippen molar-refractivity contribution in [2.75, 3.05) is 44.3 Å². The Bertz CT molecular complexity index is 421. The van der Waals surface area contributed by atoms with E-state index < -0.39 is 0 Å². The standard InChI is InChI=1S/C17H28N2O2/c1-17(2,3)21-13-12-20-16-7-4-6-15(14-16)19-10-5-8-18-9-11-19/h4,6-7,14,18H,5,8-13H2,1-3H3. The van der Waals surface area contributed by atoms with Gasteiger partial charge in [-0.25, -0.2) is 0 Å². The Labute approximate surface area is 128 Å². The van der Waals surface area contributed by atoms with Crippen molar-refractivity contribution >= 4 is 5.69 Å². The summed E-state index contributed by atoms with van der Waals surface area (Å²) >= 11 is 0. The molecule has 0 aromatic heterocycles. The van der Waals surface area contributed by atoms with Gasteiger partial charge < -0.3 is 19.7 Å². The molecule has 1 heterocycles. The number of rotatable bonds is 5. The fourth-order valence-corrected chi connectivity index (χ4v) is 2.38. The first-order valence-corrected chi connectivity index (χ1v) is 7.87. The van der Waals surface area contributed by atoms with Gasteiger partial charge in [0.2, 0.25) is 0 Å². The maximum atomic E-state index is 5.80. The summed E-state index contributed by atoms with van der Waals surface area (Å²) in [5.74, 6) is 0.919. The van der Waals surface area contributed by atoms with Gasteiger partial charge in [-0.3, -0.25) is 0 Å². The Kier molecular flexibility index (Phi) is 5.88. The van der Waals surface area contributed by atoms with Crippen LogP contribution in [-0.4, -0.2) is 45.0 Å². The molecule has 1 saturated heterocycles. The fraction of sp³-hybridized carbons (Fsp3) is 0.647. The molecule has 1 aromatic carbocycles. The van der Waals surface area contributed by atoms with Crippen LogP contribution in [0.1, 0.15) is 27.2 Å². The molecule has 1 aliphatic rings. The summed E-state index contributed by atoms with van der Waals surface area (Å²) in [5.41, 5.74) is 1.14. The molecule has 1 aliphatic heterocycles. The minimum atomic E-state index is -0.107. The first-order valence-electron chi connectivity index (χ1n) is 7.87. The molecular weight excluding hydrogens is 264 g/mol. The van der Waals surface area contributed by atoms with E-state index in [9.17, 15) is 0 Å². The molecule has 1 fully saturated rings. The first kappa shape index (κ1) is 16.1. The number of nitrogens with zero attached hydrogens (tertiary/aromatic N) is 1. The molecule has 0 atom stereocenters. The molecule has 0 unspecified atom stereocenters. The lowest BCUT2D eigenvalue weighted by atomic mass is 10.2. The van der Waals surface area contributed by atoms with E-state index in [0.717, 1.165) is 31.9 Å². The zero-order valence-corrected chi connectivity index (χ0v) is 13.5. The van der Waals surface area contributed by atoms with Crippen LogP contribution < -0.4 is 15.0 Å².